The SMILES string of the molecule is CCC1OCCCC1n1nc2c3ccccc3n(Cc3ccc(-n4cccn4)cc3)nc-2c1=O. The average Bonchev–Trinajstić information content (AvgIpc) is 3.54. The van der Waals surface area contributed by atoms with Gasteiger partial charge in [0.05, 0.1) is 29.9 Å². The molecule has 0 N–H and O–H groups in total. The highest BCUT2D eigenvalue weighted by Gasteiger charge is 2.32. The summed E-state index contributed by atoms with van der Waals surface area (Å²) in [6.45, 7) is 3.38. The van der Waals surface area contributed by atoms with Crippen LogP contribution >= 0.6 is 0 Å². The highest BCUT2D eigenvalue weighted by atomic mass is 16.5. The third kappa shape index (κ3) is 3.51. The third-order valence-corrected chi connectivity index (χ3v) is 6.66. The molecule has 6 rings (SSSR count). The van der Waals surface area contributed by atoms with Gasteiger partial charge in [0.25, 0.3) is 5.56 Å². The van der Waals surface area contributed by atoms with Crippen molar-refractivity contribution >= 4 is 10.9 Å². The largest absolute Gasteiger partial charge is 0.376 e. The fraction of sp³-hybridized carbons (Fsp3) is 0.308. The van der Waals surface area contributed by atoms with Crippen LogP contribution in [0.5, 0.6) is 0 Å². The highest BCUT2D eigenvalue weighted by Crippen LogP contribution is 2.30. The molecule has 2 unspecified atom stereocenters. The van der Waals surface area contributed by atoms with Gasteiger partial charge in [-0.2, -0.15) is 15.3 Å². The van der Waals surface area contributed by atoms with Crippen LogP contribution in [0.1, 0.15) is 37.8 Å². The summed E-state index contributed by atoms with van der Waals surface area (Å²) in [5.41, 5.74) is 3.96. The molecule has 8 heteroatoms. The Kier molecular flexibility index (Phi) is 5.22. The first-order valence-electron chi connectivity index (χ1n) is 11.8. The molecule has 3 aliphatic heterocycles. The van der Waals surface area contributed by atoms with Gasteiger partial charge in [-0.3, -0.25) is 9.48 Å². The van der Waals surface area contributed by atoms with Crippen LogP contribution in [0.25, 0.3) is 28.0 Å². The van der Waals surface area contributed by atoms with Crippen molar-refractivity contribution in [1.82, 2.24) is 29.3 Å². The zero-order chi connectivity index (χ0) is 23.1. The summed E-state index contributed by atoms with van der Waals surface area (Å²) in [6.07, 6.45) is 6.35. The Bertz CT molecular complexity index is 1450. The van der Waals surface area contributed by atoms with Crippen molar-refractivity contribution in [1.29, 1.82) is 0 Å². The number of para-hydroxylation sites is 1. The minimum absolute atomic E-state index is 0.00227. The Hall–Kier alpha value is -3.78. The van der Waals surface area contributed by atoms with E-state index in [1.165, 1.54) is 0 Å². The molecular formula is C26H26N6O2. The van der Waals surface area contributed by atoms with Gasteiger partial charge in [-0.15, -0.1) is 0 Å². The second-order valence-corrected chi connectivity index (χ2v) is 8.77. The molecule has 0 amide bonds. The number of aromatic nitrogens is 6. The van der Waals surface area contributed by atoms with Gasteiger partial charge in [-0.25, -0.2) is 9.36 Å². The van der Waals surface area contributed by atoms with Crippen molar-refractivity contribution in [3.05, 3.63) is 82.9 Å². The summed E-state index contributed by atoms with van der Waals surface area (Å²) < 4.78 is 11.3. The summed E-state index contributed by atoms with van der Waals surface area (Å²) >= 11 is 0. The molecule has 0 spiro atoms. The number of nitrogens with zero attached hydrogens (tertiary/aromatic N) is 6. The van der Waals surface area contributed by atoms with Crippen LogP contribution in [-0.2, 0) is 11.3 Å². The summed E-state index contributed by atoms with van der Waals surface area (Å²) in [4.78, 5) is 13.5. The number of benzene rings is 2. The van der Waals surface area contributed by atoms with Gasteiger partial charge in [0.1, 0.15) is 5.69 Å². The Labute approximate surface area is 196 Å². The fourth-order valence-electron chi connectivity index (χ4n) is 4.94. The number of ether oxygens (including phenoxy) is 1. The van der Waals surface area contributed by atoms with Crippen molar-refractivity contribution in [2.24, 2.45) is 0 Å². The normalized spacial score (nSPS) is 18.6. The van der Waals surface area contributed by atoms with Crippen LogP contribution in [0.2, 0.25) is 0 Å². The van der Waals surface area contributed by atoms with E-state index >= 15 is 0 Å². The van der Waals surface area contributed by atoms with Crippen LogP contribution in [0.15, 0.2) is 71.8 Å². The molecule has 4 heterocycles. The lowest BCUT2D eigenvalue weighted by Gasteiger charge is -2.30. The molecule has 0 saturated carbocycles. The first-order valence-corrected chi connectivity index (χ1v) is 11.8. The van der Waals surface area contributed by atoms with Crippen LogP contribution < -0.4 is 5.56 Å². The Morgan fingerprint density at radius 2 is 1.88 bits per heavy atom. The summed E-state index contributed by atoms with van der Waals surface area (Å²) in [5.74, 6) is 0. The number of fused-ring (bicyclic) bond motifs is 3. The van der Waals surface area contributed by atoms with E-state index in [0.29, 0.717) is 17.9 Å². The lowest BCUT2D eigenvalue weighted by molar-refractivity contribution is -0.0268. The third-order valence-electron chi connectivity index (χ3n) is 6.66. The van der Waals surface area contributed by atoms with Gasteiger partial charge >= 0.3 is 0 Å². The predicted molar refractivity (Wildman–Crippen MR) is 129 cm³/mol. The van der Waals surface area contributed by atoms with Crippen molar-refractivity contribution in [2.45, 2.75) is 44.9 Å². The van der Waals surface area contributed by atoms with Crippen LogP contribution in [0, 0.1) is 0 Å². The zero-order valence-electron chi connectivity index (χ0n) is 19.0. The molecule has 3 aliphatic rings. The van der Waals surface area contributed by atoms with E-state index in [2.05, 4.69) is 24.2 Å². The lowest BCUT2D eigenvalue weighted by Crippen LogP contribution is -2.36. The molecule has 0 aliphatic carbocycles. The van der Waals surface area contributed by atoms with E-state index in [-0.39, 0.29) is 17.7 Å². The Balaban J connectivity index is 1.43. The zero-order valence-corrected chi connectivity index (χ0v) is 19.0. The molecule has 2 aromatic carbocycles. The first-order chi connectivity index (χ1) is 16.7. The van der Waals surface area contributed by atoms with Gasteiger partial charge in [0, 0.05) is 24.4 Å². The summed E-state index contributed by atoms with van der Waals surface area (Å²) in [5, 5.41) is 14.8. The molecule has 8 nitrogen and oxygen atoms in total. The van der Waals surface area contributed by atoms with Crippen molar-refractivity contribution in [3.63, 3.8) is 0 Å². The van der Waals surface area contributed by atoms with Gasteiger partial charge in [-0.05, 0) is 49.1 Å². The quantitative estimate of drug-likeness (QED) is 0.400. The van der Waals surface area contributed by atoms with Gasteiger partial charge < -0.3 is 4.74 Å². The molecule has 172 valence electrons. The molecule has 0 bridgehead atoms. The van der Waals surface area contributed by atoms with E-state index in [9.17, 15) is 4.79 Å². The van der Waals surface area contributed by atoms with Crippen molar-refractivity contribution in [3.8, 4) is 17.1 Å². The molecule has 1 fully saturated rings. The number of hydrogen-bond donors (Lipinski definition) is 0. The fourth-order valence-corrected chi connectivity index (χ4v) is 4.94. The van der Waals surface area contributed by atoms with Gasteiger partial charge in [0.15, 0.2) is 5.69 Å². The van der Waals surface area contributed by atoms with E-state index in [1.54, 1.807) is 10.9 Å². The van der Waals surface area contributed by atoms with Crippen molar-refractivity contribution in [2.75, 3.05) is 6.61 Å². The van der Waals surface area contributed by atoms with E-state index in [1.807, 2.05) is 58.0 Å². The molecule has 34 heavy (non-hydrogen) atoms. The van der Waals surface area contributed by atoms with Gasteiger partial charge in [0.2, 0.25) is 0 Å². The monoisotopic (exact) mass is 454 g/mol. The van der Waals surface area contributed by atoms with Gasteiger partial charge in [-0.1, -0.05) is 37.3 Å². The molecule has 1 saturated heterocycles. The second kappa shape index (κ2) is 8.53. The predicted octanol–water partition coefficient (Wildman–Crippen LogP) is 4.06. The smallest absolute Gasteiger partial charge is 0.297 e. The average molecular weight is 455 g/mol. The minimum Gasteiger partial charge on any atom is -0.376 e. The second-order valence-electron chi connectivity index (χ2n) is 8.77. The summed E-state index contributed by atoms with van der Waals surface area (Å²) in [7, 11) is 0. The van der Waals surface area contributed by atoms with Crippen LogP contribution in [0.4, 0.5) is 0 Å². The molecule has 1 aromatic heterocycles. The van der Waals surface area contributed by atoms with Crippen LogP contribution in [-0.4, -0.2) is 42.1 Å². The van der Waals surface area contributed by atoms with E-state index in [0.717, 1.165) is 48.0 Å². The van der Waals surface area contributed by atoms with E-state index < -0.39 is 0 Å². The molecule has 0 radical (unpaired) electrons. The van der Waals surface area contributed by atoms with Crippen molar-refractivity contribution < 1.29 is 4.74 Å². The topological polar surface area (TPSA) is 79.8 Å². The highest BCUT2D eigenvalue weighted by molar-refractivity contribution is 5.92. The molecule has 3 aromatic rings. The summed E-state index contributed by atoms with van der Waals surface area (Å²) in [6, 6.07) is 18.1. The first kappa shape index (κ1) is 20.8. The Morgan fingerprint density at radius 3 is 2.68 bits per heavy atom. The Morgan fingerprint density at radius 1 is 1.03 bits per heavy atom. The standard InChI is InChI=1S/C26H26N6O2/c1-2-23-22(9-5-16-34-23)32-26(33)25-24(29-32)20-7-3-4-8-21(20)31(28-25)17-18-10-12-19(13-11-18)30-15-6-14-27-30/h3-4,6-8,10-15,22-23H,2,5,9,16-17H2,1H3. The number of hydrogen-bond acceptors (Lipinski definition) is 5. The number of rotatable bonds is 5. The van der Waals surface area contributed by atoms with E-state index in [4.69, 9.17) is 14.9 Å². The van der Waals surface area contributed by atoms with Crippen LogP contribution in [0.3, 0.4) is 0 Å². The maximum absolute atomic E-state index is 13.5. The maximum Gasteiger partial charge on any atom is 0.297 e. The molecule has 2 atom stereocenters. The molecular weight excluding hydrogens is 428 g/mol. The minimum atomic E-state index is -0.141. The maximum atomic E-state index is 13.5. The lowest BCUT2D eigenvalue weighted by atomic mass is 10.0.